The van der Waals surface area contributed by atoms with Crippen LogP contribution in [0.4, 0.5) is 0 Å². The van der Waals surface area contributed by atoms with E-state index in [4.69, 9.17) is 0 Å². The summed E-state index contributed by atoms with van der Waals surface area (Å²) in [6, 6.07) is 11.9. The fourth-order valence-corrected chi connectivity index (χ4v) is 4.05. The molecule has 1 saturated heterocycles. The highest BCUT2D eigenvalue weighted by molar-refractivity contribution is 5.92. The number of hydrogen-bond acceptors (Lipinski definition) is 4. The van der Waals surface area contributed by atoms with Gasteiger partial charge in [-0.3, -0.25) is 14.9 Å². The average Bonchev–Trinajstić information content (AvgIpc) is 3.31. The van der Waals surface area contributed by atoms with Crippen molar-refractivity contribution in [2.75, 3.05) is 13.1 Å². The molecule has 0 radical (unpaired) electrons. The largest absolute Gasteiger partial charge is 0.391 e. The number of aromatic amines is 1. The van der Waals surface area contributed by atoms with Gasteiger partial charge in [-0.1, -0.05) is 18.2 Å². The Morgan fingerprint density at radius 2 is 2.07 bits per heavy atom. The molecule has 2 aromatic heterocycles. The van der Waals surface area contributed by atoms with E-state index in [0.29, 0.717) is 24.7 Å². The number of aliphatic hydroxyl groups is 1. The molecule has 3 heterocycles. The van der Waals surface area contributed by atoms with Gasteiger partial charge in [0.25, 0.3) is 5.91 Å². The summed E-state index contributed by atoms with van der Waals surface area (Å²) in [4.78, 5) is 18.9. The predicted molar refractivity (Wildman–Crippen MR) is 101 cm³/mol. The van der Waals surface area contributed by atoms with Crippen LogP contribution in [-0.2, 0) is 6.42 Å². The Kier molecular flexibility index (Phi) is 3.93. The van der Waals surface area contributed by atoms with Crippen LogP contribution in [0.25, 0.3) is 10.9 Å². The van der Waals surface area contributed by atoms with Crippen molar-refractivity contribution in [3.63, 3.8) is 0 Å². The maximum Gasteiger partial charge on any atom is 0.274 e. The van der Waals surface area contributed by atoms with E-state index < -0.39 is 6.10 Å². The van der Waals surface area contributed by atoms with Crippen LogP contribution in [0, 0.1) is 5.92 Å². The monoisotopic (exact) mass is 362 g/mol. The summed E-state index contributed by atoms with van der Waals surface area (Å²) in [6.07, 6.45) is 4.34. The molecule has 6 heteroatoms. The van der Waals surface area contributed by atoms with Crippen molar-refractivity contribution in [1.29, 1.82) is 0 Å². The minimum Gasteiger partial charge on any atom is -0.391 e. The summed E-state index contributed by atoms with van der Waals surface area (Å²) in [7, 11) is 0. The van der Waals surface area contributed by atoms with E-state index in [0.717, 1.165) is 28.6 Å². The zero-order valence-electron chi connectivity index (χ0n) is 15.0. The second-order valence-electron chi connectivity index (χ2n) is 7.71. The minimum atomic E-state index is -0.525. The predicted octanol–water partition coefficient (Wildman–Crippen LogP) is 2.51. The third-order valence-electron chi connectivity index (χ3n) is 5.75. The molecular weight excluding hydrogens is 340 g/mol. The Balaban J connectivity index is 1.32. The zero-order valence-corrected chi connectivity index (χ0v) is 15.0. The van der Waals surface area contributed by atoms with Crippen molar-refractivity contribution in [3.05, 3.63) is 59.5 Å². The van der Waals surface area contributed by atoms with E-state index in [1.54, 1.807) is 4.90 Å². The van der Waals surface area contributed by atoms with Gasteiger partial charge >= 0.3 is 0 Å². The molecule has 0 bridgehead atoms. The smallest absolute Gasteiger partial charge is 0.274 e. The molecule has 2 N–H and O–H groups in total. The van der Waals surface area contributed by atoms with Crippen molar-refractivity contribution in [1.82, 2.24) is 20.1 Å². The molecule has 0 unspecified atom stereocenters. The van der Waals surface area contributed by atoms with Gasteiger partial charge in [-0.15, -0.1) is 0 Å². The fraction of sp³-hybridized carbons (Fsp3) is 0.381. The molecule has 6 nitrogen and oxygen atoms in total. The Labute approximate surface area is 157 Å². The van der Waals surface area contributed by atoms with Gasteiger partial charge in [0.05, 0.1) is 11.6 Å². The van der Waals surface area contributed by atoms with Gasteiger partial charge in [0.1, 0.15) is 5.69 Å². The summed E-state index contributed by atoms with van der Waals surface area (Å²) < 4.78 is 0. The number of H-pyrrole nitrogens is 1. The minimum absolute atomic E-state index is 0.0154. The van der Waals surface area contributed by atoms with E-state index in [2.05, 4.69) is 21.2 Å². The van der Waals surface area contributed by atoms with Gasteiger partial charge in [-0.2, -0.15) is 5.10 Å². The third kappa shape index (κ3) is 3.10. The molecule has 0 spiro atoms. The van der Waals surface area contributed by atoms with Gasteiger partial charge in [-0.05, 0) is 43.0 Å². The summed E-state index contributed by atoms with van der Waals surface area (Å²) in [5.74, 6) is 0.455. The van der Waals surface area contributed by atoms with Gasteiger partial charge in [-0.25, -0.2) is 0 Å². The number of hydrogen-bond donors (Lipinski definition) is 2. The van der Waals surface area contributed by atoms with E-state index in [-0.39, 0.29) is 11.8 Å². The number of β-amino-alcohol motifs (C(OH)–C–C–N with tert-alkyl or cyclic N) is 1. The van der Waals surface area contributed by atoms with Gasteiger partial charge < -0.3 is 10.0 Å². The van der Waals surface area contributed by atoms with Crippen LogP contribution in [0.5, 0.6) is 0 Å². The number of pyridine rings is 1. The summed E-state index contributed by atoms with van der Waals surface area (Å²) >= 11 is 0. The number of para-hydroxylation sites is 1. The zero-order chi connectivity index (χ0) is 18.4. The van der Waals surface area contributed by atoms with Crippen LogP contribution in [0.2, 0.25) is 0 Å². The molecule has 1 aliphatic carbocycles. The second-order valence-corrected chi connectivity index (χ2v) is 7.71. The molecule has 2 fully saturated rings. The Morgan fingerprint density at radius 3 is 2.93 bits per heavy atom. The molecule has 2 aliphatic rings. The van der Waals surface area contributed by atoms with Crippen LogP contribution >= 0.6 is 0 Å². The second kappa shape index (κ2) is 6.46. The highest BCUT2D eigenvalue weighted by Crippen LogP contribution is 2.39. The maximum atomic E-state index is 12.8. The van der Waals surface area contributed by atoms with Crippen LogP contribution in [0.3, 0.4) is 0 Å². The molecule has 27 heavy (non-hydrogen) atoms. The van der Waals surface area contributed by atoms with E-state index in [9.17, 15) is 9.90 Å². The first-order valence-corrected chi connectivity index (χ1v) is 9.54. The van der Waals surface area contributed by atoms with Crippen LogP contribution < -0.4 is 0 Å². The average molecular weight is 362 g/mol. The van der Waals surface area contributed by atoms with E-state index >= 15 is 0 Å². The van der Waals surface area contributed by atoms with Gasteiger partial charge in [0, 0.05) is 42.2 Å². The lowest BCUT2D eigenvalue weighted by molar-refractivity contribution is 0.0759. The standard InChI is InChI=1S/C21H22N4O2/c26-20-12-25(21(27)19-10-18(23-24-19)13-5-6-13)11-15(20)9-14-7-8-22-17-4-2-1-3-16(14)17/h1-4,7-8,10,13,15,20,26H,5-6,9,11-12H2,(H,23,24)/t15-,20+/m1/s1. The van der Waals surface area contributed by atoms with Crippen LogP contribution in [0.1, 0.15) is 40.5 Å². The topological polar surface area (TPSA) is 82.1 Å². The van der Waals surface area contributed by atoms with Gasteiger partial charge in [0.15, 0.2) is 0 Å². The molecule has 3 aromatic rings. The Hall–Kier alpha value is -2.73. The molecule has 1 amide bonds. The van der Waals surface area contributed by atoms with Crippen molar-refractivity contribution < 1.29 is 9.90 Å². The number of fused-ring (bicyclic) bond motifs is 1. The summed E-state index contributed by atoms with van der Waals surface area (Å²) in [5, 5.41) is 18.8. The first-order valence-electron chi connectivity index (χ1n) is 9.54. The number of aliphatic hydroxyl groups excluding tert-OH is 1. The molecule has 1 saturated carbocycles. The Morgan fingerprint density at radius 1 is 1.22 bits per heavy atom. The number of nitrogens with zero attached hydrogens (tertiary/aromatic N) is 3. The fourth-order valence-electron chi connectivity index (χ4n) is 4.05. The molecule has 5 rings (SSSR count). The van der Waals surface area contributed by atoms with Crippen molar-refractivity contribution in [2.45, 2.75) is 31.3 Å². The number of rotatable bonds is 4. The van der Waals surface area contributed by atoms with Crippen LogP contribution in [-0.4, -0.2) is 50.3 Å². The molecule has 1 aromatic carbocycles. The van der Waals surface area contributed by atoms with Crippen molar-refractivity contribution >= 4 is 16.8 Å². The number of nitrogens with one attached hydrogen (secondary N) is 1. The SMILES string of the molecule is O=C(c1cc(C2CC2)[nH]n1)N1C[C@@H](Cc2ccnc3ccccc23)[C@@H](O)C1. The van der Waals surface area contributed by atoms with E-state index in [1.807, 2.05) is 36.5 Å². The van der Waals surface area contributed by atoms with Gasteiger partial charge in [0.2, 0.25) is 0 Å². The van der Waals surface area contributed by atoms with Crippen LogP contribution in [0.15, 0.2) is 42.6 Å². The number of carbonyl (C=O) groups is 1. The first kappa shape index (κ1) is 16.4. The summed E-state index contributed by atoms with van der Waals surface area (Å²) in [6.45, 7) is 0.903. The highest BCUT2D eigenvalue weighted by Gasteiger charge is 2.36. The number of benzene rings is 1. The van der Waals surface area contributed by atoms with Crippen molar-refractivity contribution in [3.8, 4) is 0 Å². The third-order valence-corrected chi connectivity index (χ3v) is 5.75. The molecule has 2 atom stereocenters. The number of carbonyl (C=O) groups excluding carboxylic acids is 1. The summed E-state index contributed by atoms with van der Waals surface area (Å²) in [5.41, 5.74) is 3.63. The lowest BCUT2D eigenvalue weighted by Gasteiger charge is -2.15. The molecule has 138 valence electrons. The normalized spacial score (nSPS) is 22.5. The lowest BCUT2D eigenvalue weighted by Crippen LogP contribution is -2.29. The number of likely N-dealkylation sites (tertiary alicyclic amines) is 1. The molecular formula is C21H22N4O2. The quantitative estimate of drug-likeness (QED) is 0.747. The molecule has 1 aliphatic heterocycles. The maximum absolute atomic E-state index is 12.8. The Bertz CT molecular complexity index is 989. The number of amides is 1. The first-order chi connectivity index (χ1) is 13.2. The lowest BCUT2D eigenvalue weighted by atomic mass is 9.94. The highest BCUT2D eigenvalue weighted by atomic mass is 16.3. The van der Waals surface area contributed by atoms with Crippen molar-refractivity contribution in [2.24, 2.45) is 5.92 Å². The van der Waals surface area contributed by atoms with E-state index in [1.165, 1.54) is 12.8 Å². The number of aromatic nitrogens is 3.